The van der Waals surface area contributed by atoms with Crippen molar-refractivity contribution in [1.29, 1.82) is 0 Å². The number of thiazole rings is 1. The maximum absolute atomic E-state index is 14.5. The molecule has 0 saturated carbocycles. The van der Waals surface area contributed by atoms with Crippen molar-refractivity contribution in [2.75, 3.05) is 27.3 Å². The van der Waals surface area contributed by atoms with E-state index in [0.717, 1.165) is 22.0 Å². The number of nitrogens with zero attached hydrogens (tertiary/aromatic N) is 4. The van der Waals surface area contributed by atoms with Gasteiger partial charge < -0.3 is 18.9 Å². The van der Waals surface area contributed by atoms with Crippen LogP contribution in [0.5, 0.6) is 11.5 Å². The Morgan fingerprint density at radius 1 is 1.04 bits per heavy atom. The van der Waals surface area contributed by atoms with Gasteiger partial charge >= 0.3 is 0 Å². The molecular formula is C36H35ClN4O4S. The van der Waals surface area contributed by atoms with Gasteiger partial charge in [0.1, 0.15) is 17.5 Å². The first-order chi connectivity index (χ1) is 22.3. The molecule has 0 saturated heterocycles. The number of ether oxygens (including phenoxy) is 2. The molecule has 1 amide bonds. The summed E-state index contributed by atoms with van der Waals surface area (Å²) in [5, 5.41) is 1.71. The summed E-state index contributed by atoms with van der Waals surface area (Å²) in [7, 11) is 3.17. The smallest absolute Gasteiger partial charge is 0.271 e. The number of hydrogen-bond acceptors (Lipinski definition) is 6. The zero-order chi connectivity index (χ0) is 32.5. The van der Waals surface area contributed by atoms with Crippen molar-refractivity contribution < 1.29 is 14.3 Å². The van der Waals surface area contributed by atoms with Crippen molar-refractivity contribution in [1.82, 2.24) is 14.0 Å². The number of methoxy groups -OCH3 is 2. The molecule has 1 aliphatic rings. The third-order valence-electron chi connectivity index (χ3n) is 8.38. The van der Waals surface area contributed by atoms with Crippen LogP contribution in [0.15, 0.2) is 94.0 Å². The van der Waals surface area contributed by atoms with E-state index in [9.17, 15) is 9.59 Å². The molecule has 6 rings (SSSR count). The number of likely N-dealkylation sites (N-methyl/N-ethyl adjacent to an activating group) is 1. The lowest BCUT2D eigenvalue weighted by molar-refractivity contribution is -0.127. The number of carbonyl (C=O) groups is 1. The summed E-state index contributed by atoms with van der Waals surface area (Å²) < 4.78 is 15.6. The fourth-order valence-electron chi connectivity index (χ4n) is 6.12. The largest absolute Gasteiger partial charge is 0.497 e. The van der Waals surface area contributed by atoms with Crippen molar-refractivity contribution in [3.05, 3.63) is 126 Å². The van der Waals surface area contributed by atoms with Gasteiger partial charge in [-0.25, -0.2) is 4.99 Å². The van der Waals surface area contributed by atoms with Gasteiger partial charge in [-0.1, -0.05) is 53.3 Å². The lowest BCUT2D eigenvalue weighted by Crippen LogP contribution is -2.43. The minimum Gasteiger partial charge on any atom is -0.497 e. The van der Waals surface area contributed by atoms with E-state index in [-0.39, 0.29) is 11.5 Å². The molecule has 2 aromatic heterocycles. The average molecular weight is 655 g/mol. The number of carbonyl (C=O) groups excluding carboxylic acids is 1. The van der Waals surface area contributed by atoms with Crippen molar-refractivity contribution >= 4 is 45.8 Å². The van der Waals surface area contributed by atoms with Crippen LogP contribution in [-0.2, 0) is 11.3 Å². The topological polar surface area (TPSA) is 78.1 Å². The van der Waals surface area contributed by atoms with Crippen LogP contribution < -0.4 is 24.4 Å². The summed E-state index contributed by atoms with van der Waals surface area (Å²) in [5.74, 6) is 0.971. The first kappa shape index (κ1) is 31.4. The number of halogens is 1. The molecule has 236 valence electrons. The van der Waals surface area contributed by atoms with Gasteiger partial charge in [-0.3, -0.25) is 14.2 Å². The average Bonchev–Trinajstić information content (AvgIpc) is 3.56. The minimum atomic E-state index is -0.763. The third kappa shape index (κ3) is 5.65. The predicted molar refractivity (Wildman–Crippen MR) is 184 cm³/mol. The minimum absolute atomic E-state index is 0.167. The molecule has 46 heavy (non-hydrogen) atoms. The summed E-state index contributed by atoms with van der Waals surface area (Å²) in [4.78, 5) is 35.6. The monoisotopic (exact) mass is 654 g/mol. The first-order valence-electron chi connectivity index (χ1n) is 15.1. The Bertz CT molecular complexity index is 2170. The number of rotatable bonds is 9. The van der Waals surface area contributed by atoms with E-state index in [1.54, 1.807) is 35.8 Å². The van der Waals surface area contributed by atoms with Crippen LogP contribution >= 0.6 is 22.9 Å². The van der Waals surface area contributed by atoms with Crippen molar-refractivity contribution in [3.8, 4) is 11.5 Å². The quantitative estimate of drug-likeness (QED) is 0.202. The van der Waals surface area contributed by atoms with Crippen LogP contribution in [0, 0.1) is 0 Å². The summed E-state index contributed by atoms with van der Waals surface area (Å²) >= 11 is 7.58. The predicted octanol–water partition coefficient (Wildman–Crippen LogP) is 5.78. The maximum Gasteiger partial charge on any atom is 0.271 e. The van der Waals surface area contributed by atoms with Gasteiger partial charge in [0, 0.05) is 52.9 Å². The number of amides is 1. The van der Waals surface area contributed by atoms with E-state index in [2.05, 4.69) is 22.9 Å². The Morgan fingerprint density at radius 3 is 2.54 bits per heavy atom. The first-order valence-corrected chi connectivity index (χ1v) is 16.3. The highest BCUT2D eigenvalue weighted by Crippen LogP contribution is 2.38. The van der Waals surface area contributed by atoms with Gasteiger partial charge in [0.15, 0.2) is 4.80 Å². The molecule has 0 spiro atoms. The maximum atomic E-state index is 14.5. The van der Waals surface area contributed by atoms with Crippen molar-refractivity contribution in [2.24, 2.45) is 4.99 Å². The van der Waals surface area contributed by atoms with Crippen LogP contribution in [0.2, 0.25) is 5.02 Å². The molecule has 0 fully saturated rings. The Hall–Kier alpha value is -4.60. The van der Waals surface area contributed by atoms with Gasteiger partial charge in [-0.15, -0.1) is 0 Å². The van der Waals surface area contributed by atoms with Crippen molar-refractivity contribution in [3.63, 3.8) is 0 Å². The van der Waals surface area contributed by atoms with Crippen LogP contribution in [0.25, 0.3) is 17.0 Å². The molecular weight excluding hydrogens is 620 g/mol. The molecule has 1 atom stereocenters. The molecule has 3 heterocycles. The van der Waals surface area contributed by atoms with Gasteiger partial charge in [0.2, 0.25) is 0 Å². The van der Waals surface area contributed by atoms with Gasteiger partial charge in [0.25, 0.3) is 11.5 Å². The number of para-hydroxylation sites is 1. The zero-order valence-electron chi connectivity index (χ0n) is 26.4. The number of hydrogen-bond donors (Lipinski definition) is 0. The number of aromatic nitrogens is 2. The lowest BCUT2D eigenvalue weighted by atomic mass is 9.93. The lowest BCUT2D eigenvalue weighted by Gasteiger charge is -2.30. The summed E-state index contributed by atoms with van der Waals surface area (Å²) in [6, 6.07) is 20.6. The molecule has 0 radical (unpaired) electrons. The van der Waals surface area contributed by atoms with Gasteiger partial charge in [-0.05, 0) is 68.8 Å². The molecule has 8 nitrogen and oxygen atoms in total. The van der Waals surface area contributed by atoms with Gasteiger partial charge in [0.05, 0.1) is 30.0 Å². The normalized spacial score (nSPS) is 14.7. The van der Waals surface area contributed by atoms with Crippen LogP contribution in [-0.4, -0.2) is 47.3 Å². The molecule has 3 aromatic carbocycles. The molecule has 0 unspecified atom stereocenters. The second kappa shape index (κ2) is 13.0. The van der Waals surface area contributed by atoms with E-state index >= 15 is 0 Å². The fourth-order valence-corrected chi connectivity index (χ4v) is 7.37. The van der Waals surface area contributed by atoms with Crippen LogP contribution in [0.4, 0.5) is 0 Å². The Kier molecular flexibility index (Phi) is 8.88. The highest BCUT2D eigenvalue weighted by molar-refractivity contribution is 7.07. The number of allylic oxidation sites excluding steroid dienone is 1. The second-order valence-corrected chi connectivity index (χ2v) is 12.5. The third-order valence-corrected chi connectivity index (χ3v) is 9.60. The molecule has 10 heteroatoms. The Morgan fingerprint density at radius 2 is 1.83 bits per heavy atom. The Labute approximate surface area is 276 Å². The van der Waals surface area contributed by atoms with Crippen LogP contribution in [0.1, 0.15) is 43.5 Å². The SMILES string of the molecule is CCN(CC)C(=O)C1=C(C)N=c2s/c(=C/c3cn(Cc4cccc(Cl)c4)c4ccccc34)c(=O)n2[C@H]1c1cc(OC)ccc1OC. The highest BCUT2D eigenvalue weighted by Gasteiger charge is 2.36. The molecule has 0 N–H and O–H groups in total. The van der Waals surface area contributed by atoms with Gasteiger partial charge in [-0.2, -0.15) is 0 Å². The summed E-state index contributed by atoms with van der Waals surface area (Å²) in [6.07, 6.45) is 3.98. The van der Waals surface area contributed by atoms with E-state index in [1.807, 2.05) is 69.3 Å². The number of fused-ring (bicyclic) bond motifs is 2. The van der Waals surface area contributed by atoms with E-state index in [4.69, 9.17) is 26.1 Å². The fraction of sp³-hybridized carbons (Fsp3) is 0.250. The van der Waals surface area contributed by atoms with E-state index < -0.39 is 6.04 Å². The molecule has 0 bridgehead atoms. The molecule has 5 aromatic rings. The summed E-state index contributed by atoms with van der Waals surface area (Å²) in [5.41, 5.74) is 4.45. The van der Waals surface area contributed by atoms with Crippen molar-refractivity contribution in [2.45, 2.75) is 33.4 Å². The highest BCUT2D eigenvalue weighted by atomic mass is 35.5. The molecule has 0 aliphatic carbocycles. The van der Waals surface area contributed by atoms with E-state index in [0.29, 0.717) is 62.3 Å². The van der Waals surface area contributed by atoms with E-state index in [1.165, 1.54) is 11.3 Å². The standard InChI is InChI=1S/C36H35ClN4O4S/c1-6-39(7-2)35(43)32-22(3)38-36-41(33(32)28-19-26(44-4)15-16-30(28)45-5)34(42)31(46-36)18-24-21-40(29-14-9-8-13-27(24)29)20-23-11-10-12-25(37)17-23/h8-19,21,33H,6-7,20H2,1-5H3/b31-18+/t33-/m0/s1. The second-order valence-electron chi connectivity index (χ2n) is 11.0. The molecule has 1 aliphatic heterocycles. The van der Waals surface area contributed by atoms with Crippen LogP contribution in [0.3, 0.4) is 0 Å². The summed E-state index contributed by atoms with van der Waals surface area (Å²) in [6.45, 7) is 7.39. The Balaban J connectivity index is 1.56. The zero-order valence-corrected chi connectivity index (χ0v) is 28.0. The number of benzene rings is 3.